The molecule has 3 atom stereocenters. The van der Waals surface area contributed by atoms with E-state index in [0.29, 0.717) is 28.2 Å². The van der Waals surface area contributed by atoms with Crippen LogP contribution in [0.2, 0.25) is 10.0 Å². The number of nitrogens with one attached hydrogen (secondary N) is 2. The molecule has 1 saturated carbocycles. The summed E-state index contributed by atoms with van der Waals surface area (Å²) in [4.78, 5) is 19.4. The van der Waals surface area contributed by atoms with Crippen molar-refractivity contribution >= 4 is 40.8 Å². The maximum Gasteiger partial charge on any atom is 0.218 e. The Hall–Kier alpha value is -2.28. The SMILES string of the molecule is CC1CN(/C(=N\C2CCCC2)Nc2ccc(C(CC(N)=O)c3ccc(Cl)cc3Cl)cc2)C(C)CN1. The molecule has 35 heavy (non-hydrogen) atoms. The minimum atomic E-state index is -0.379. The lowest BCUT2D eigenvalue weighted by Gasteiger charge is -2.40. The van der Waals surface area contributed by atoms with Gasteiger partial charge >= 0.3 is 0 Å². The van der Waals surface area contributed by atoms with E-state index >= 15 is 0 Å². The van der Waals surface area contributed by atoms with Crippen LogP contribution >= 0.6 is 23.2 Å². The Morgan fingerprint density at radius 2 is 1.89 bits per heavy atom. The van der Waals surface area contributed by atoms with Crippen LogP contribution in [-0.4, -0.2) is 48.0 Å². The molecule has 2 aromatic rings. The molecule has 0 bridgehead atoms. The van der Waals surface area contributed by atoms with Crippen molar-refractivity contribution in [3.8, 4) is 0 Å². The van der Waals surface area contributed by atoms with Gasteiger partial charge in [-0.25, -0.2) is 4.99 Å². The van der Waals surface area contributed by atoms with E-state index in [9.17, 15) is 4.79 Å². The van der Waals surface area contributed by atoms with Crippen LogP contribution in [0, 0.1) is 0 Å². The normalized spacial score (nSPS) is 22.3. The van der Waals surface area contributed by atoms with Gasteiger partial charge in [0.2, 0.25) is 5.91 Å². The molecule has 2 aliphatic rings. The highest BCUT2D eigenvalue weighted by atomic mass is 35.5. The van der Waals surface area contributed by atoms with Crippen molar-refractivity contribution < 1.29 is 4.79 Å². The summed E-state index contributed by atoms with van der Waals surface area (Å²) in [6.45, 7) is 6.29. The maximum atomic E-state index is 11.9. The number of guanidine groups is 1. The van der Waals surface area contributed by atoms with Crippen molar-refractivity contribution in [2.75, 3.05) is 18.4 Å². The van der Waals surface area contributed by atoms with Crippen molar-refractivity contribution in [2.24, 2.45) is 10.7 Å². The number of hydrogen-bond acceptors (Lipinski definition) is 3. The maximum absolute atomic E-state index is 11.9. The molecule has 2 aromatic carbocycles. The van der Waals surface area contributed by atoms with Crippen LogP contribution in [0.4, 0.5) is 5.69 Å². The summed E-state index contributed by atoms with van der Waals surface area (Å²) in [6.07, 6.45) is 4.96. The van der Waals surface area contributed by atoms with Crippen LogP contribution < -0.4 is 16.4 Å². The Kier molecular flexibility index (Phi) is 8.58. The first kappa shape index (κ1) is 25.8. The van der Waals surface area contributed by atoms with E-state index < -0.39 is 0 Å². The van der Waals surface area contributed by atoms with E-state index in [4.69, 9.17) is 33.9 Å². The van der Waals surface area contributed by atoms with Crippen LogP contribution in [0.3, 0.4) is 0 Å². The first-order valence-electron chi connectivity index (χ1n) is 12.5. The van der Waals surface area contributed by atoms with Crippen molar-refractivity contribution in [3.63, 3.8) is 0 Å². The second-order valence-electron chi connectivity index (χ2n) is 9.84. The Labute approximate surface area is 218 Å². The number of halogens is 2. The zero-order valence-corrected chi connectivity index (χ0v) is 21.9. The van der Waals surface area contributed by atoms with Gasteiger partial charge in [-0.2, -0.15) is 0 Å². The first-order chi connectivity index (χ1) is 16.8. The summed E-state index contributed by atoms with van der Waals surface area (Å²) in [5.74, 6) is 0.322. The molecule has 4 rings (SSSR count). The van der Waals surface area contributed by atoms with E-state index in [-0.39, 0.29) is 18.2 Å². The topological polar surface area (TPSA) is 82.8 Å². The van der Waals surface area contributed by atoms with E-state index in [1.165, 1.54) is 12.8 Å². The van der Waals surface area contributed by atoms with E-state index in [0.717, 1.165) is 48.7 Å². The third kappa shape index (κ3) is 6.69. The standard InChI is InChI=1S/C27H35Cl2N5O/c1-17-16-34(18(2)15-31-17)27(32-21-5-3-4-6-21)33-22-10-7-19(8-11-22)24(14-26(30)35)23-12-9-20(28)13-25(23)29/h7-13,17-18,21,24,31H,3-6,14-16H2,1-2H3,(H2,30,35)(H,32,33). The third-order valence-corrected chi connectivity index (χ3v) is 7.54. The largest absolute Gasteiger partial charge is 0.370 e. The van der Waals surface area contributed by atoms with Crippen molar-refractivity contribution in [1.29, 1.82) is 0 Å². The summed E-state index contributed by atoms with van der Waals surface area (Å²) in [5.41, 5.74) is 8.35. The molecule has 1 amide bonds. The second-order valence-corrected chi connectivity index (χ2v) is 10.7. The fourth-order valence-corrected chi connectivity index (χ4v) is 5.56. The first-order valence-corrected chi connectivity index (χ1v) is 13.2. The van der Waals surface area contributed by atoms with Crippen LogP contribution in [-0.2, 0) is 4.79 Å². The van der Waals surface area contributed by atoms with Gasteiger partial charge in [-0.3, -0.25) is 4.79 Å². The number of aliphatic imine (C=N–C) groups is 1. The van der Waals surface area contributed by atoms with E-state index in [2.05, 4.69) is 29.4 Å². The van der Waals surface area contributed by atoms with Crippen LogP contribution in [0.5, 0.6) is 0 Å². The van der Waals surface area contributed by atoms with Gasteiger partial charge in [-0.15, -0.1) is 0 Å². The molecule has 4 N–H and O–H groups in total. The van der Waals surface area contributed by atoms with Crippen molar-refractivity contribution in [3.05, 3.63) is 63.6 Å². The molecular weight excluding hydrogens is 481 g/mol. The molecule has 0 aromatic heterocycles. The summed E-state index contributed by atoms with van der Waals surface area (Å²) in [6, 6.07) is 14.6. The van der Waals surface area contributed by atoms with Gasteiger partial charge in [0.1, 0.15) is 0 Å². The fraction of sp³-hybridized carbons (Fsp3) is 0.481. The van der Waals surface area contributed by atoms with Gasteiger partial charge in [0.05, 0.1) is 6.04 Å². The zero-order valence-electron chi connectivity index (χ0n) is 20.4. The van der Waals surface area contributed by atoms with Gasteiger partial charge < -0.3 is 21.3 Å². The molecule has 188 valence electrons. The predicted molar refractivity (Wildman–Crippen MR) is 146 cm³/mol. The quantitative estimate of drug-likeness (QED) is 0.355. The zero-order chi connectivity index (χ0) is 24.9. The summed E-state index contributed by atoms with van der Waals surface area (Å²) in [5, 5.41) is 8.24. The highest BCUT2D eigenvalue weighted by molar-refractivity contribution is 6.35. The molecule has 1 heterocycles. The highest BCUT2D eigenvalue weighted by Crippen LogP contribution is 2.35. The molecule has 1 saturated heterocycles. The van der Waals surface area contributed by atoms with Gasteiger partial charge in [0.25, 0.3) is 0 Å². The third-order valence-electron chi connectivity index (χ3n) is 6.98. The number of anilines is 1. The number of hydrogen-bond donors (Lipinski definition) is 3. The molecule has 2 fully saturated rings. The van der Waals surface area contributed by atoms with Gasteiger partial charge in [0.15, 0.2) is 5.96 Å². The minimum absolute atomic E-state index is 0.165. The molecule has 1 aliphatic heterocycles. The number of nitrogens with two attached hydrogens (primary N) is 1. The molecule has 8 heteroatoms. The molecule has 3 unspecified atom stereocenters. The average Bonchev–Trinajstić information content (AvgIpc) is 3.33. The lowest BCUT2D eigenvalue weighted by molar-refractivity contribution is -0.118. The van der Waals surface area contributed by atoms with Gasteiger partial charge in [-0.1, -0.05) is 54.2 Å². The molecule has 6 nitrogen and oxygen atoms in total. The van der Waals surface area contributed by atoms with E-state index in [1.807, 2.05) is 30.3 Å². The second kappa shape index (κ2) is 11.6. The van der Waals surface area contributed by atoms with Crippen molar-refractivity contribution in [1.82, 2.24) is 10.2 Å². The average molecular weight is 517 g/mol. The summed E-state index contributed by atoms with van der Waals surface area (Å²) < 4.78 is 0. The Bertz CT molecular complexity index is 1050. The number of rotatable bonds is 6. The summed E-state index contributed by atoms with van der Waals surface area (Å²) in [7, 11) is 0. The van der Waals surface area contributed by atoms with Crippen LogP contribution in [0.1, 0.15) is 63.0 Å². The molecule has 0 radical (unpaired) electrons. The van der Waals surface area contributed by atoms with Crippen LogP contribution in [0.15, 0.2) is 47.5 Å². The van der Waals surface area contributed by atoms with E-state index in [1.54, 1.807) is 12.1 Å². The number of benzene rings is 2. The smallest absolute Gasteiger partial charge is 0.218 e. The molecule has 1 aliphatic carbocycles. The summed E-state index contributed by atoms with van der Waals surface area (Å²) >= 11 is 12.6. The lowest BCUT2D eigenvalue weighted by atomic mass is 9.88. The number of piperazine rings is 1. The predicted octanol–water partition coefficient (Wildman–Crippen LogP) is 5.39. The highest BCUT2D eigenvalue weighted by Gasteiger charge is 2.27. The number of primary amides is 1. The molecule has 0 spiro atoms. The number of carbonyl (C=O) groups excluding carboxylic acids is 1. The Balaban J connectivity index is 1.59. The number of nitrogens with zero attached hydrogens (tertiary/aromatic N) is 2. The monoisotopic (exact) mass is 515 g/mol. The lowest BCUT2D eigenvalue weighted by Crippen LogP contribution is -2.57. The van der Waals surface area contributed by atoms with Crippen LogP contribution in [0.25, 0.3) is 0 Å². The van der Waals surface area contributed by atoms with Crippen molar-refractivity contribution in [2.45, 2.75) is 70.0 Å². The van der Waals surface area contributed by atoms with Gasteiger partial charge in [-0.05, 0) is 62.1 Å². The fourth-order valence-electron chi connectivity index (χ4n) is 5.02. The minimum Gasteiger partial charge on any atom is -0.370 e. The van der Waals surface area contributed by atoms with Gasteiger partial charge in [0, 0.05) is 53.2 Å². The number of amides is 1. The Morgan fingerprint density at radius 1 is 1.17 bits per heavy atom. The molecular formula is C27H35Cl2N5O. The number of carbonyl (C=O) groups is 1. The Morgan fingerprint density at radius 3 is 2.54 bits per heavy atom.